The number of anilines is 1. The lowest BCUT2D eigenvalue weighted by Gasteiger charge is -2.34. The Kier molecular flexibility index (Phi) is 6.46. The van der Waals surface area contributed by atoms with Crippen LogP contribution in [0.5, 0.6) is 0 Å². The molecule has 0 radical (unpaired) electrons. The number of hydrogen-bond donors (Lipinski definition) is 1. The molecule has 8 nitrogen and oxygen atoms in total. The maximum absolute atomic E-state index is 12.6. The molecule has 8 heteroatoms. The fourth-order valence-corrected chi connectivity index (χ4v) is 4.23. The van der Waals surface area contributed by atoms with Crippen LogP contribution in [-0.2, 0) is 22.4 Å². The van der Waals surface area contributed by atoms with Crippen molar-refractivity contribution in [2.24, 2.45) is 0 Å². The summed E-state index contributed by atoms with van der Waals surface area (Å²) in [5.41, 5.74) is 3.33. The van der Waals surface area contributed by atoms with Crippen LogP contribution in [0.4, 0.5) is 5.82 Å². The van der Waals surface area contributed by atoms with E-state index in [-0.39, 0.29) is 37.0 Å². The number of nitrogens with one attached hydrogen (secondary N) is 1. The highest BCUT2D eigenvalue weighted by Gasteiger charge is 2.23. The monoisotopic (exact) mass is 424 g/mol. The summed E-state index contributed by atoms with van der Waals surface area (Å²) in [6.45, 7) is 4.36. The van der Waals surface area contributed by atoms with Crippen LogP contribution in [0.2, 0.25) is 0 Å². The number of fused-ring (bicyclic) bond motifs is 1. The fraction of sp³-hybridized carbons (Fsp3) is 0.478. The molecule has 4 rings (SSSR count). The third-order valence-corrected chi connectivity index (χ3v) is 5.97. The van der Waals surface area contributed by atoms with Gasteiger partial charge in [-0.3, -0.25) is 19.3 Å². The third-order valence-electron chi connectivity index (χ3n) is 5.97. The summed E-state index contributed by atoms with van der Waals surface area (Å²) in [7, 11) is 0. The number of ketones is 1. The summed E-state index contributed by atoms with van der Waals surface area (Å²) < 4.78 is 4.94. The van der Waals surface area contributed by atoms with E-state index in [1.165, 1.54) is 11.1 Å². The van der Waals surface area contributed by atoms with E-state index in [1.54, 1.807) is 17.9 Å². The average molecular weight is 425 g/mol. The second-order valence-corrected chi connectivity index (χ2v) is 8.29. The minimum atomic E-state index is -0.159. The topological polar surface area (TPSA) is 95.8 Å². The fourth-order valence-electron chi connectivity index (χ4n) is 4.23. The number of carbonyl (C=O) groups excluding carboxylic acids is 3. The Labute approximate surface area is 181 Å². The first kappa shape index (κ1) is 21.2. The van der Waals surface area contributed by atoms with Crippen molar-refractivity contribution >= 4 is 23.4 Å². The van der Waals surface area contributed by atoms with Gasteiger partial charge >= 0.3 is 0 Å². The number of benzene rings is 1. The van der Waals surface area contributed by atoms with Gasteiger partial charge < -0.3 is 14.7 Å². The van der Waals surface area contributed by atoms with Gasteiger partial charge in [0.1, 0.15) is 5.76 Å². The summed E-state index contributed by atoms with van der Waals surface area (Å²) in [4.78, 5) is 41.0. The summed E-state index contributed by atoms with van der Waals surface area (Å²) in [5, 5.41) is 6.46. The molecule has 164 valence electrons. The standard InChI is InChI=1S/C23H28N4O4/c1-16-13-21(25-31-16)24-22(29)15-26-9-11-27(12-10-26)23(30)8-7-20(28)19-6-5-17-3-2-4-18(17)14-19/h5-6,13-14H,2-4,7-12,15H2,1H3,(H,24,25,29). The van der Waals surface area contributed by atoms with Crippen LogP contribution in [-0.4, -0.2) is 65.3 Å². The minimum absolute atomic E-state index is 0.00307. The molecule has 1 N–H and O–H groups in total. The number of piperazine rings is 1. The lowest BCUT2D eigenvalue weighted by atomic mass is 10.0. The first-order valence-corrected chi connectivity index (χ1v) is 10.9. The molecule has 2 aromatic rings. The molecule has 2 amide bonds. The van der Waals surface area contributed by atoms with Crippen LogP contribution in [0.25, 0.3) is 0 Å². The molecule has 0 unspecified atom stereocenters. The second kappa shape index (κ2) is 9.43. The Morgan fingerprint density at radius 3 is 2.55 bits per heavy atom. The van der Waals surface area contributed by atoms with E-state index >= 15 is 0 Å². The number of aromatic nitrogens is 1. The highest BCUT2D eigenvalue weighted by molar-refractivity contribution is 5.98. The van der Waals surface area contributed by atoms with E-state index in [9.17, 15) is 14.4 Å². The minimum Gasteiger partial charge on any atom is -0.360 e. The van der Waals surface area contributed by atoms with E-state index in [0.717, 1.165) is 19.3 Å². The molecule has 1 aromatic carbocycles. The molecule has 1 aliphatic carbocycles. The van der Waals surface area contributed by atoms with E-state index in [0.29, 0.717) is 43.3 Å². The smallest absolute Gasteiger partial charge is 0.239 e. The molecule has 1 saturated heterocycles. The molecule has 1 aromatic heterocycles. The number of aryl methyl sites for hydroxylation is 3. The van der Waals surface area contributed by atoms with E-state index in [4.69, 9.17) is 4.52 Å². The zero-order valence-electron chi connectivity index (χ0n) is 17.9. The molecule has 31 heavy (non-hydrogen) atoms. The zero-order chi connectivity index (χ0) is 21.8. The Hall–Kier alpha value is -3.00. The number of nitrogens with zero attached hydrogens (tertiary/aromatic N) is 3. The molecule has 2 heterocycles. The molecule has 0 atom stereocenters. The zero-order valence-corrected chi connectivity index (χ0v) is 17.9. The van der Waals surface area contributed by atoms with Crippen molar-refractivity contribution in [3.05, 3.63) is 46.7 Å². The van der Waals surface area contributed by atoms with Crippen molar-refractivity contribution in [1.29, 1.82) is 0 Å². The van der Waals surface area contributed by atoms with E-state index < -0.39 is 0 Å². The first-order valence-electron chi connectivity index (χ1n) is 10.9. The van der Waals surface area contributed by atoms with Crippen molar-refractivity contribution in [1.82, 2.24) is 15.0 Å². The maximum atomic E-state index is 12.6. The van der Waals surface area contributed by atoms with Gasteiger partial charge in [0.15, 0.2) is 11.6 Å². The van der Waals surface area contributed by atoms with Gasteiger partial charge in [-0.15, -0.1) is 0 Å². The van der Waals surface area contributed by atoms with Crippen LogP contribution >= 0.6 is 0 Å². The van der Waals surface area contributed by atoms with Crippen molar-refractivity contribution in [3.63, 3.8) is 0 Å². The Bertz CT molecular complexity index is 976. The van der Waals surface area contributed by atoms with Crippen molar-refractivity contribution in [3.8, 4) is 0 Å². The van der Waals surface area contributed by atoms with Gasteiger partial charge in [-0.2, -0.15) is 0 Å². The number of hydrogen-bond acceptors (Lipinski definition) is 6. The Morgan fingerprint density at radius 1 is 1.03 bits per heavy atom. The van der Waals surface area contributed by atoms with Crippen molar-refractivity contribution in [2.75, 3.05) is 38.0 Å². The predicted molar refractivity (Wildman–Crippen MR) is 115 cm³/mol. The van der Waals surface area contributed by atoms with Crippen LogP contribution in [0.1, 0.15) is 46.5 Å². The largest absolute Gasteiger partial charge is 0.360 e. The summed E-state index contributed by atoms with van der Waals surface area (Å²) in [6.07, 6.45) is 3.74. The van der Waals surface area contributed by atoms with Crippen LogP contribution in [0, 0.1) is 6.92 Å². The van der Waals surface area contributed by atoms with Gasteiger partial charge in [-0.05, 0) is 43.4 Å². The Balaban J connectivity index is 1.18. The summed E-state index contributed by atoms with van der Waals surface area (Å²) >= 11 is 0. The molecule has 0 saturated carbocycles. The average Bonchev–Trinajstić information content (AvgIpc) is 3.40. The maximum Gasteiger partial charge on any atom is 0.239 e. The lowest BCUT2D eigenvalue weighted by molar-refractivity contribution is -0.133. The third kappa shape index (κ3) is 5.38. The number of carbonyl (C=O) groups is 3. The normalized spacial score (nSPS) is 16.2. The summed E-state index contributed by atoms with van der Waals surface area (Å²) in [6, 6.07) is 7.61. The van der Waals surface area contributed by atoms with Crippen molar-refractivity contribution < 1.29 is 18.9 Å². The molecule has 1 fully saturated rings. The van der Waals surface area contributed by atoms with Gasteiger partial charge in [-0.25, -0.2) is 0 Å². The Morgan fingerprint density at radius 2 is 1.81 bits per heavy atom. The highest BCUT2D eigenvalue weighted by atomic mass is 16.5. The number of rotatable bonds is 7. The molecular formula is C23H28N4O4. The van der Waals surface area contributed by atoms with Crippen LogP contribution in [0.15, 0.2) is 28.8 Å². The van der Waals surface area contributed by atoms with Crippen molar-refractivity contribution in [2.45, 2.75) is 39.0 Å². The van der Waals surface area contributed by atoms with Gasteiger partial charge in [0.25, 0.3) is 0 Å². The highest BCUT2D eigenvalue weighted by Crippen LogP contribution is 2.23. The molecule has 0 bridgehead atoms. The van der Waals surface area contributed by atoms with E-state index in [2.05, 4.69) is 16.5 Å². The lowest BCUT2D eigenvalue weighted by Crippen LogP contribution is -2.50. The SMILES string of the molecule is Cc1cc(NC(=O)CN2CCN(C(=O)CCC(=O)c3ccc4c(c3)CCC4)CC2)no1. The van der Waals surface area contributed by atoms with E-state index in [1.807, 2.05) is 17.0 Å². The quantitative estimate of drug-likeness (QED) is 0.685. The first-order chi connectivity index (χ1) is 15.0. The predicted octanol–water partition coefficient (Wildman–Crippen LogP) is 2.22. The molecule has 2 aliphatic rings. The number of Topliss-reactive ketones (excluding diaryl/α,β-unsaturated/α-hetero) is 1. The summed E-state index contributed by atoms with van der Waals surface area (Å²) in [5.74, 6) is 0.910. The van der Waals surface area contributed by atoms with Crippen LogP contribution < -0.4 is 5.32 Å². The van der Waals surface area contributed by atoms with Gasteiger partial charge in [0.05, 0.1) is 6.54 Å². The number of amides is 2. The second-order valence-electron chi connectivity index (χ2n) is 8.29. The molecule has 0 spiro atoms. The van der Waals surface area contributed by atoms with Gasteiger partial charge in [0.2, 0.25) is 11.8 Å². The van der Waals surface area contributed by atoms with Gasteiger partial charge in [-0.1, -0.05) is 17.3 Å². The van der Waals surface area contributed by atoms with Gasteiger partial charge in [0, 0.05) is 50.7 Å². The molecular weight excluding hydrogens is 396 g/mol. The van der Waals surface area contributed by atoms with Crippen LogP contribution in [0.3, 0.4) is 0 Å². The molecule has 1 aliphatic heterocycles.